The maximum absolute atomic E-state index is 11.1. The molecule has 6 nitrogen and oxygen atoms in total. The van der Waals surface area contributed by atoms with Crippen LogP contribution in [-0.4, -0.2) is 34.2 Å². The molecule has 0 bridgehead atoms. The van der Waals surface area contributed by atoms with Crippen LogP contribution in [0.5, 0.6) is 0 Å². The molecule has 0 radical (unpaired) electrons. The average molecular weight is 312 g/mol. The van der Waals surface area contributed by atoms with Crippen molar-refractivity contribution < 1.29 is 10.0 Å². The molecule has 2 atom stereocenters. The molecule has 0 spiro atoms. The van der Waals surface area contributed by atoms with Crippen molar-refractivity contribution in [1.29, 1.82) is 0 Å². The summed E-state index contributed by atoms with van der Waals surface area (Å²) in [6, 6.07) is 12.0. The third-order valence-electron chi connectivity index (χ3n) is 4.57. The summed E-state index contributed by atoms with van der Waals surface area (Å²) in [6.07, 6.45) is 2.86. The van der Waals surface area contributed by atoms with E-state index in [0.29, 0.717) is 5.95 Å². The molecule has 6 heteroatoms. The van der Waals surface area contributed by atoms with Gasteiger partial charge in [-0.3, -0.25) is 10.0 Å². The first kappa shape index (κ1) is 15.4. The van der Waals surface area contributed by atoms with E-state index in [0.717, 1.165) is 30.8 Å². The maximum Gasteiger partial charge on any atom is 0.277 e. The fraction of sp³-hybridized carbons (Fsp3) is 0.353. The first-order valence-electron chi connectivity index (χ1n) is 7.72. The lowest BCUT2D eigenvalue weighted by atomic mass is 10.3. The number of nitrogens with one attached hydrogen (secondary N) is 1. The summed E-state index contributed by atoms with van der Waals surface area (Å²) >= 11 is 0. The molecule has 1 aromatic heterocycles. The molecule has 2 heterocycles. The Labute approximate surface area is 135 Å². The predicted molar refractivity (Wildman–Crippen MR) is 86.1 cm³/mol. The second kappa shape index (κ2) is 6.75. The van der Waals surface area contributed by atoms with Crippen LogP contribution in [0, 0.1) is 17.8 Å². The number of rotatable bonds is 2. The summed E-state index contributed by atoms with van der Waals surface area (Å²) in [5, 5.41) is 8.47. The summed E-state index contributed by atoms with van der Waals surface area (Å²) in [4.78, 5) is 21.5. The van der Waals surface area contributed by atoms with E-state index in [2.05, 4.69) is 21.8 Å². The molecule has 4 rings (SSSR count). The monoisotopic (exact) mass is 312 g/mol. The fourth-order valence-corrected chi connectivity index (χ4v) is 3.04. The van der Waals surface area contributed by atoms with Crippen molar-refractivity contribution in [2.75, 3.05) is 18.0 Å². The second-order valence-electron chi connectivity index (χ2n) is 5.96. The van der Waals surface area contributed by atoms with Gasteiger partial charge in [0.25, 0.3) is 5.91 Å². The molecule has 23 heavy (non-hydrogen) atoms. The molecule has 1 aliphatic carbocycles. The van der Waals surface area contributed by atoms with E-state index >= 15 is 0 Å². The average Bonchev–Trinajstić information content (AvgIpc) is 3.03. The van der Waals surface area contributed by atoms with Crippen LogP contribution in [0.25, 0.3) is 0 Å². The Balaban J connectivity index is 0.000000220. The van der Waals surface area contributed by atoms with Gasteiger partial charge in [-0.25, -0.2) is 15.4 Å². The van der Waals surface area contributed by atoms with Crippen LogP contribution in [0.15, 0.2) is 48.8 Å². The number of benzene rings is 1. The number of carbonyl (C=O) groups excluding carboxylic acids is 1. The molecule has 2 unspecified atom stereocenters. The van der Waals surface area contributed by atoms with Gasteiger partial charge in [-0.15, -0.1) is 0 Å². The van der Waals surface area contributed by atoms with Crippen LogP contribution in [0.3, 0.4) is 0 Å². The SMILES string of the molecule is CC1C2CN(c3ncc(C(=O)NO)cn3)CC12.c1ccccc1. The van der Waals surface area contributed by atoms with Crippen molar-refractivity contribution in [1.82, 2.24) is 15.4 Å². The first-order chi connectivity index (χ1) is 11.2. The molecule has 2 fully saturated rings. The van der Waals surface area contributed by atoms with E-state index in [4.69, 9.17) is 5.21 Å². The zero-order chi connectivity index (χ0) is 16.2. The van der Waals surface area contributed by atoms with E-state index in [1.807, 2.05) is 36.4 Å². The van der Waals surface area contributed by atoms with Crippen molar-refractivity contribution >= 4 is 11.9 Å². The van der Waals surface area contributed by atoms with Crippen LogP contribution < -0.4 is 10.4 Å². The number of aromatic nitrogens is 2. The predicted octanol–water partition coefficient (Wildman–Crippen LogP) is 1.98. The van der Waals surface area contributed by atoms with Crippen LogP contribution in [0.4, 0.5) is 5.95 Å². The third kappa shape index (κ3) is 3.48. The highest BCUT2D eigenvalue weighted by Gasteiger charge is 2.53. The number of hydrogen-bond acceptors (Lipinski definition) is 5. The fourth-order valence-electron chi connectivity index (χ4n) is 3.04. The summed E-state index contributed by atoms with van der Waals surface area (Å²) in [5.74, 6) is 2.50. The maximum atomic E-state index is 11.1. The van der Waals surface area contributed by atoms with Crippen molar-refractivity contribution in [3.8, 4) is 0 Å². The van der Waals surface area contributed by atoms with Crippen LogP contribution >= 0.6 is 0 Å². The summed E-state index contributed by atoms with van der Waals surface area (Å²) in [5.41, 5.74) is 1.82. The number of nitrogens with zero attached hydrogens (tertiary/aromatic N) is 3. The number of hydrogen-bond donors (Lipinski definition) is 2. The zero-order valence-corrected chi connectivity index (χ0v) is 13.0. The molecule has 1 saturated heterocycles. The van der Waals surface area contributed by atoms with Gasteiger partial charge in [0.1, 0.15) is 0 Å². The molecule has 1 aromatic carbocycles. The minimum absolute atomic E-state index is 0.258. The third-order valence-corrected chi connectivity index (χ3v) is 4.57. The summed E-state index contributed by atoms with van der Waals surface area (Å²) in [7, 11) is 0. The summed E-state index contributed by atoms with van der Waals surface area (Å²) in [6.45, 7) is 4.30. The summed E-state index contributed by atoms with van der Waals surface area (Å²) < 4.78 is 0. The van der Waals surface area contributed by atoms with Gasteiger partial charge in [-0.1, -0.05) is 43.3 Å². The second-order valence-corrected chi connectivity index (χ2v) is 5.96. The Hall–Kier alpha value is -2.47. The zero-order valence-electron chi connectivity index (χ0n) is 13.0. The highest BCUT2D eigenvalue weighted by atomic mass is 16.5. The Kier molecular flexibility index (Phi) is 4.52. The number of amides is 1. The highest BCUT2D eigenvalue weighted by molar-refractivity contribution is 5.92. The smallest absolute Gasteiger partial charge is 0.277 e. The minimum Gasteiger partial charge on any atom is -0.340 e. The number of fused-ring (bicyclic) bond motifs is 1. The van der Waals surface area contributed by atoms with Gasteiger partial charge in [-0.2, -0.15) is 0 Å². The molecule has 2 aromatic rings. The topological polar surface area (TPSA) is 78.4 Å². The Morgan fingerprint density at radius 2 is 1.57 bits per heavy atom. The van der Waals surface area contributed by atoms with Crippen LogP contribution in [0.1, 0.15) is 17.3 Å². The normalized spacial score (nSPS) is 24.3. The lowest BCUT2D eigenvalue weighted by Crippen LogP contribution is -2.26. The molecule has 2 N–H and O–H groups in total. The number of carbonyl (C=O) groups is 1. The van der Waals surface area contributed by atoms with Crippen molar-refractivity contribution in [3.63, 3.8) is 0 Å². The van der Waals surface area contributed by atoms with E-state index < -0.39 is 5.91 Å². The van der Waals surface area contributed by atoms with Gasteiger partial charge in [0.15, 0.2) is 0 Å². The van der Waals surface area contributed by atoms with Gasteiger partial charge in [-0.05, 0) is 17.8 Å². The molecule has 1 amide bonds. The Morgan fingerprint density at radius 3 is 2.00 bits per heavy atom. The first-order valence-corrected chi connectivity index (χ1v) is 7.72. The number of hydroxylamine groups is 1. The van der Waals surface area contributed by atoms with Gasteiger partial charge in [0.2, 0.25) is 5.95 Å². The van der Waals surface area contributed by atoms with Crippen LogP contribution in [-0.2, 0) is 0 Å². The van der Waals surface area contributed by atoms with Crippen molar-refractivity contribution in [3.05, 3.63) is 54.4 Å². The van der Waals surface area contributed by atoms with E-state index in [1.54, 1.807) is 5.48 Å². The van der Waals surface area contributed by atoms with Gasteiger partial charge in [0, 0.05) is 25.5 Å². The molecule has 1 saturated carbocycles. The van der Waals surface area contributed by atoms with Gasteiger partial charge in [0.05, 0.1) is 5.56 Å². The van der Waals surface area contributed by atoms with E-state index in [-0.39, 0.29) is 5.56 Å². The van der Waals surface area contributed by atoms with Crippen molar-refractivity contribution in [2.24, 2.45) is 17.8 Å². The lowest BCUT2D eigenvalue weighted by molar-refractivity contribution is 0.0705. The largest absolute Gasteiger partial charge is 0.340 e. The minimum atomic E-state index is -0.588. The molecule has 1 aliphatic heterocycles. The molecule has 2 aliphatic rings. The molecular weight excluding hydrogens is 292 g/mol. The quantitative estimate of drug-likeness (QED) is 0.655. The van der Waals surface area contributed by atoms with Crippen molar-refractivity contribution in [2.45, 2.75) is 6.92 Å². The standard InChI is InChI=1S/C11H14N4O2.C6H6/c1-6-8-4-15(5-9(6)8)11-12-2-7(3-13-11)10(16)14-17;1-2-4-6-5-3-1/h2-3,6,8-9,17H,4-5H2,1H3,(H,14,16);1-6H. The van der Waals surface area contributed by atoms with Gasteiger partial charge >= 0.3 is 0 Å². The number of anilines is 1. The van der Waals surface area contributed by atoms with E-state index in [9.17, 15) is 4.79 Å². The molecule has 120 valence electrons. The lowest BCUT2D eigenvalue weighted by Gasteiger charge is -2.18. The molecular formula is C17H20N4O2. The highest BCUT2D eigenvalue weighted by Crippen LogP contribution is 2.51. The van der Waals surface area contributed by atoms with Crippen LogP contribution in [0.2, 0.25) is 0 Å². The Bertz CT molecular complexity index is 609. The van der Waals surface area contributed by atoms with Gasteiger partial charge < -0.3 is 4.90 Å². The Morgan fingerprint density at radius 1 is 1.09 bits per heavy atom. The number of piperidine rings is 1. The van der Waals surface area contributed by atoms with E-state index in [1.165, 1.54) is 12.4 Å².